The van der Waals surface area contributed by atoms with E-state index in [9.17, 15) is 13.2 Å². The van der Waals surface area contributed by atoms with Crippen LogP contribution >= 0.6 is 12.4 Å². The highest BCUT2D eigenvalue weighted by Gasteiger charge is 2.50. The minimum atomic E-state index is -3.42. The summed E-state index contributed by atoms with van der Waals surface area (Å²) in [6.45, 7) is 3.31. The van der Waals surface area contributed by atoms with Gasteiger partial charge in [-0.25, -0.2) is 8.42 Å². The fourth-order valence-corrected chi connectivity index (χ4v) is 5.99. The van der Waals surface area contributed by atoms with Gasteiger partial charge in [-0.15, -0.1) is 12.4 Å². The number of halogens is 1. The lowest BCUT2D eigenvalue weighted by atomic mass is 9.76. The van der Waals surface area contributed by atoms with E-state index in [0.29, 0.717) is 5.92 Å². The van der Waals surface area contributed by atoms with E-state index in [0.717, 1.165) is 39.0 Å². The smallest absolute Gasteiger partial charge is 0.223 e. The molecule has 0 bridgehead atoms. The summed E-state index contributed by atoms with van der Waals surface area (Å²) in [5.41, 5.74) is 1.43. The zero-order valence-corrected chi connectivity index (χ0v) is 18.6. The van der Waals surface area contributed by atoms with Crippen molar-refractivity contribution >= 4 is 28.2 Å². The van der Waals surface area contributed by atoms with Crippen molar-refractivity contribution in [1.29, 1.82) is 0 Å². The largest absolute Gasteiger partial charge is 0.342 e. The van der Waals surface area contributed by atoms with Gasteiger partial charge in [-0.2, -0.15) is 0 Å². The first kappa shape index (κ1) is 22.8. The second kappa shape index (κ2) is 9.50. The molecule has 2 aliphatic rings. The third kappa shape index (κ3) is 4.88. The summed E-state index contributed by atoms with van der Waals surface area (Å²) < 4.78 is 25.0. The van der Waals surface area contributed by atoms with Crippen molar-refractivity contribution in [2.75, 3.05) is 31.9 Å². The number of nitrogens with zero attached hydrogens (tertiary/aromatic N) is 1. The molecule has 0 radical (unpaired) electrons. The number of fused-ring (bicyclic) bond motifs is 1. The normalized spacial score (nSPS) is 23.1. The third-order valence-electron chi connectivity index (χ3n) is 6.47. The predicted octanol–water partition coefficient (Wildman–Crippen LogP) is 2.95. The van der Waals surface area contributed by atoms with E-state index in [2.05, 4.69) is 29.6 Å². The zero-order valence-electron chi connectivity index (χ0n) is 17.0. The van der Waals surface area contributed by atoms with E-state index >= 15 is 0 Å². The molecule has 7 heteroatoms. The number of sulfone groups is 1. The molecule has 162 valence electrons. The van der Waals surface area contributed by atoms with Crippen molar-refractivity contribution in [3.05, 3.63) is 66.2 Å². The highest BCUT2D eigenvalue weighted by molar-refractivity contribution is 7.91. The molecule has 0 saturated carbocycles. The summed E-state index contributed by atoms with van der Waals surface area (Å²) in [6.07, 6.45) is 2.09. The van der Waals surface area contributed by atoms with Crippen LogP contribution in [0.2, 0.25) is 0 Å². The van der Waals surface area contributed by atoms with Gasteiger partial charge >= 0.3 is 0 Å². The molecule has 4 rings (SSSR count). The van der Waals surface area contributed by atoms with E-state index in [1.54, 1.807) is 30.3 Å². The molecule has 1 amide bonds. The van der Waals surface area contributed by atoms with Gasteiger partial charge in [0.25, 0.3) is 0 Å². The second-order valence-corrected chi connectivity index (χ2v) is 10.4. The Labute approximate surface area is 185 Å². The van der Waals surface area contributed by atoms with Gasteiger partial charge in [0, 0.05) is 38.0 Å². The van der Waals surface area contributed by atoms with Crippen molar-refractivity contribution < 1.29 is 13.2 Å². The average molecular weight is 449 g/mol. The Morgan fingerprint density at radius 1 is 1.07 bits per heavy atom. The quantitative estimate of drug-likeness (QED) is 0.707. The Hall–Kier alpha value is -1.89. The highest BCUT2D eigenvalue weighted by Crippen LogP contribution is 2.42. The number of rotatable bonds is 7. The number of aryl methyl sites for hydroxylation is 1. The molecule has 30 heavy (non-hydrogen) atoms. The molecular formula is C23H29ClN2O3S. The van der Waals surface area contributed by atoms with E-state index in [1.807, 2.05) is 11.0 Å². The standard InChI is InChI=1S/C23H28N2O3S.ClH/c26-22(12-14-29(27,28)21-9-5-2-6-10-21)25-16-20-15-24-17-23(20,18-25)13-11-19-7-3-1-4-8-19;/h1-10,20,24H,11-18H2;1H. The lowest BCUT2D eigenvalue weighted by molar-refractivity contribution is -0.130. The first-order valence-corrected chi connectivity index (χ1v) is 11.9. The molecule has 2 atom stereocenters. The Bertz CT molecular complexity index is 953. The molecule has 2 fully saturated rings. The summed E-state index contributed by atoms with van der Waals surface area (Å²) in [5.74, 6) is 0.269. The molecular weight excluding hydrogens is 420 g/mol. The first-order chi connectivity index (χ1) is 14.0. The maximum atomic E-state index is 12.8. The monoisotopic (exact) mass is 448 g/mol. The zero-order chi connectivity index (χ0) is 20.3. The van der Waals surface area contributed by atoms with Crippen LogP contribution in [0.4, 0.5) is 0 Å². The van der Waals surface area contributed by atoms with Gasteiger partial charge in [-0.05, 0) is 36.5 Å². The van der Waals surface area contributed by atoms with Crippen LogP contribution in [-0.2, 0) is 21.1 Å². The van der Waals surface area contributed by atoms with Gasteiger partial charge in [-0.1, -0.05) is 48.5 Å². The summed E-state index contributed by atoms with van der Waals surface area (Å²) in [4.78, 5) is 15.0. The predicted molar refractivity (Wildman–Crippen MR) is 120 cm³/mol. The summed E-state index contributed by atoms with van der Waals surface area (Å²) in [6, 6.07) is 18.8. The van der Waals surface area contributed by atoms with Crippen molar-refractivity contribution in [1.82, 2.24) is 10.2 Å². The lowest BCUT2D eigenvalue weighted by Crippen LogP contribution is -2.36. The topological polar surface area (TPSA) is 66.5 Å². The summed E-state index contributed by atoms with van der Waals surface area (Å²) >= 11 is 0. The molecule has 2 aromatic carbocycles. The Morgan fingerprint density at radius 2 is 1.73 bits per heavy atom. The highest BCUT2D eigenvalue weighted by atomic mass is 35.5. The molecule has 2 aromatic rings. The number of hydrogen-bond acceptors (Lipinski definition) is 4. The van der Waals surface area contributed by atoms with Crippen LogP contribution in [0.3, 0.4) is 0 Å². The van der Waals surface area contributed by atoms with Gasteiger partial charge in [0.05, 0.1) is 10.6 Å². The first-order valence-electron chi connectivity index (χ1n) is 10.3. The number of carbonyl (C=O) groups is 1. The van der Waals surface area contributed by atoms with Gasteiger partial charge in [0.2, 0.25) is 5.91 Å². The molecule has 2 heterocycles. The Balaban J connectivity index is 0.00000256. The van der Waals surface area contributed by atoms with Gasteiger partial charge in [0.1, 0.15) is 0 Å². The molecule has 1 N–H and O–H groups in total. The van der Waals surface area contributed by atoms with Crippen LogP contribution in [0.1, 0.15) is 18.4 Å². The molecule has 0 spiro atoms. The minimum Gasteiger partial charge on any atom is -0.342 e. The molecule has 2 saturated heterocycles. The van der Waals surface area contributed by atoms with Crippen molar-refractivity contribution in [3.8, 4) is 0 Å². The van der Waals surface area contributed by atoms with Crippen LogP contribution in [0.5, 0.6) is 0 Å². The van der Waals surface area contributed by atoms with E-state index in [-0.39, 0.29) is 40.8 Å². The minimum absolute atomic E-state index is 0. The van der Waals surface area contributed by atoms with Crippen molar-refractivity contribution in [2.45, 2.75) is 24.2 Å². The van der Waals surface area contributed by atoms with Gasteiger partial charge in [0.15, 0.2) is 9.84 Å². The van der Waals surface area contributed by atoms with Crippen LogP contribution in [0.25, 0.3) is 0 Å². The fourth-order valence-electron chi connectivity index (χ4n) is 4.74. The summed E-state index contributed by atoms with van der Waals surface area (Å²) in [5, 5.41) is 3.50. The van der Waals surface area contributed by atoms with Crippen LogP contribution < -0.4 is 5.32 Å². The number of benzene rings is 2. The molecule has 5 nitrogen and oxygen atoms in total. The fraction of sp³-hybridized carbons (Fsp3) is 0.435. The molecule has 2 unspecified atom stereocenters. The van der Waals surface area contributed by atoms with E-state index in [4.69, 9.17) is 0 Å². The van der Waals surface area contributed by atoms with Crippen LogP contribution in [0.15, 0.2) is 65.6 Å². The number of carbonyl (C=O) groups excluding carboxylic acids is 1. The van der Waals surface area contributed by atoms with Crippen LogP contribution in [0, 0.1) is 11.3 Å². The maximum Gasteiger partial charge on any atom is 0.223 e. The van der Waals surface area contributed by atoms with Gasteiger partial charge < -0.3 is 10.2 Å². The number of hydrogen-bond donors (Lipinski definition) is 1. The van der Waals surface area contributed by atoms with Crippen molar-refractivity contribution in [3.63, 3.8) is 0 Å². The SMILES string of the molecule is Cl.O=C(CCS(=O)(=O)c1ccccc1)N1CC2CNCC2(CCc2ccccc2)C1. The van der Waals surface area contributed by atoms with Gasteiger partial charge in [-0.3, -0.25) is 4.79 Å². The Morgan fingerprint density at radius 3 is 2.43 bits per heavy atom. The molecule has 2 aliphatic heterocycles. The van der Waals surface area contributed by atoms with E-state index in [1.165, 1.54) is 5.56 Å². The third-order valence-corrected chi connectivity index (χ3v) is 8.21. The molecule has 0 aromatic heterocycles. The van der Waals surface area contributed by atoms with Crippen LogP contribution in [-0.4, -0.2) is 51.2 Å². The lowest BCUT2D eigenvalue weighted by Gasteiger charge is -2.28. The van der Waals surface area contributed by atoms with E-state index < -0.39 is 9.84 Å². The number of likely N-dealkylation sites (tertiary alicyclic amines) is 1. The van der Waals surface area contributed by atoms with Crippen molar-refractivity contribution in [2.24, 2.45) is 11.3 Å². The maximum absolute atomic E-state index is 12.8. The summed E-state index contributed by atoms with van der Waals surface area (Å²) in [7, 11) is -3.42. The second-order valence-electron chi connectivity index (χ2n) is 8.33. The molecule has 0 aliphatic carbocycles. The Kier molecular flexibility index (Phi) is 7.22. The number of nitrogens with one attached hydrogen (secondary N) is 1. The average Bonchev–Trinajstić information content (AvgIpc) is 3.30. The number of amides is 1.